The van der Waals surface area contributed by atoms with Gasteiger partial charge in [-0.05, 0) is 36.6 Å². The first-order valence-electron chi connectivity index (χ1n) is 8.70. The van der Waals surface area contributed by atoms with Gasteiger partial charge in [0.05, 0.1) is 11.4 Å². The van der Waals surface area contributed by atoms with E-state index in [1.54, 1.807) is 12.1 Å². The molecule has 9 heteroatoms. The van der Waals surface area contributed by atoms with Crippen molar-refractivity contribution in [3.8, 4) is 0 Å². The molecule has 28 heavy (non-hydrogen) atoms. The van der Waals surface area contributed by atoms with Crippen LogP contribution < -0.4 is 21.1 Å². The molecule has 0 aliphatic heterocycles. The molecule has 0 saturated carbocycles. The van der Waals surface area contributed by atoms with E-state index < -0.39 is 16.1 Å². The lowest BCUT2D eigenvalue weighted by Crippen LogP contribution is -2.42. The minimum Gasteiger partial charge on any atom is -0.354 e. The molecule has 0 bridgehead atoms. The molecule has 0 aliphatic carbocycles. The van der Waals surface area contributed by atoms with Crippen LogP contribution in [0.25, 0.3) is 0 Å². The number of sulfonamides is 1. The summed E-state index contributed by atoms with van der Waals surface area (Å²) < 4.78 is 22.4. The third-order valence-electron chi connectivity index (χ3n) is 3.97. The molecule has 0 saturated heterocycles. The average Bonchev–Trinajstić information content (AvgIpc) is 2.65. The molecule has 0 heterocycles. The van der Waals surface area contributed by atoms with Crippen LogP contribution in [0.1, 0.15) is 16.7 Å². The number of primary sulfonamides is 1. The summed E-state index contributed by atoms with van der Waals surface area (Å²) in [6.07, 6.45) is 0.524. The molecule has 2 rings (SSSR count). The van der Waals surface area contributed by atoms with E-state index >= 15 is 0 Å². The Bertz CT molecular complexity index is 910. The zero-order valence-corrected chi connectivity index (χ0v) is 16.4. The van der Waals surface area contributed by atoms with E-state index in [-0.39, 0.29) is 17.3 Å². The first-order valence-corrected chi connectivity index (χ1v) is 10.2. The van der Waals surface area contributed by atoms with Crippen LogP contribution in [0.3, 0.4) is 0 Å². The summed E-state index contributed by atoms with van der Waals surface area (Å²) in [4.78, 5) is 23.6. The first-order chi connectivity index (χ1) is 13.2. The maximum absolute atomic E-state index is 11.8. The third-order valence-corrected chi connectivity index (χ3v) is 4.90. The highest BCUT2D eigenvalue weighted by Crippen LogP contribution is 2.08. The number of carbonyl (C=O) groups excluding carboxylic acids is 2. The smallest absolute Gasteiger partial charge is 0.315 e. The molecule has 0 aromatic heterocycles. The molecular weight excluding hydrogens is 380 g/mol. The number of hydrogen-bond acceptors (Lipinski definition) is 4. The predicted octanol–water partition coefficient (Wildman–Crippen LogP) is 0.801. The molecule has 3 amide bonds. The van der Waals surface area contributed by atoms with Gasteiger partial charge >= 0.3 is 6.03 Å². The van der Waals surface area contributed by atoms with Crippen molar-refractivity contribution in [2.75, 3.05) is 13.1 Å². The number of benzene rings is 2. The highest BCUT2D eigenvalue weighted by Gasteiger charge is 2.07. The molecule has 0 spiro atoms. The van der Waals surface area contributed by atoms with Crippen LogP contribution in [-0.4, -0.2) is 33.4 Å². The summed E-state index contributed by atoms with van der Waals surface area (Å²) >= 11 is 0. The fourth-order valence-electron chi connectivity index (χ4n) is 2.37. The zero-order chi connectivity index (χ0) is 20.6. The molecule has 0 unspecified atom stereocenters. The predicted molar refractivity (Wildman–Crippen MR) is 106 cm³/mol. The molecule has 8 nitrogen and oxygen atoms in total. The maximum atomic E-state index is 11.8. The topological polar surface area (TPSA) is 130 Å². The van der Waals surface area contributed by atoms with Crippen molar-refractivity contribution in [3.63, 3.8) is 0 Å². The van der Waals surface area contributed by atoms with Crippen molar-refractivity contribution in [1.29, 1.82) is 0 Å². The number of amides is 3. The normalized spacial score (nSPS) is 10.9. The van der Waals surface area contributed by atoms with Gasteiger partial charge in [-0.2, -0.15) is 0 Å². The Morgan fingerprint density at radius 1 is 0.893 bits per heavy atom. The van der Waals surface area contributed by atoms with Crippen molar-refractivity contribution in [2.24, 2.45) is 5.14 Å². The van der Waals surface area contributed by atoms with E-state index in [1.807, 2.05) is 31.2 Å². The van der Waals surface area contributed by atoms with Gasteiger partial charge in [0.15, 0.2) is 0 Å². The van der Waals surface area contributed by atoms with Gasteiger partial charge in [0.1, 0.15) is 0 Å². The monoisotopic (exact) mass is 404 g/mol. The highest BCUT2D eigenvalue weighted by molar-refractivity contribution is 7.89. The maximum Gasteiger partial charge on any atom is 0.315 e. The quantitative estimate of drug-likeness (QED) is 0.518. The number of urea groups is 1. The SMILES string of the molecule is Cc1ccc(CNC(=O)NCC(=O)NCCc2ccc(S(N)(=O)=O)cc2)cc1. The summed E-state index contributed by atoms with van der Waals surface area (Å²) in [5.41, 5.74) is 2.97. The Morgan fingerprint density at radius 3 is 2.11 bits per heavy atom. The summed E-state index contributed by atoms with van der Waals surface area (Å²) in [7, 11) is -3.71. The number of rotatable bonds is 8. The average molecular weight is 404 g/mol. The standard InChI is InChI=1S/C19H24N4O4S/c1-14-2-4-16(5-3-14)12-22-19(25)23-13-18(24)21-11-10-15-6-8-17(9-7-15)28(20,26)27/h2-9H,10-13H2,1H3,(H,21,24)(H2,20,26,27)(H2,22,23,25). The minimum atomic E-state index is -3.71. The number of nitrogens with two attached hydrogens (primary N) is 1. The minimum absolute atomic E-state index is 0.0427. The summed E-state index contributed by atoms with van der Waals surface area (Å²) in [6.45, 7) is 2.59. The molecule has 0 aliphatic rings. The van der Waals surface area contributed by atoms with Crippen molar-refractivity contribution >= 4 is 22.0 Å². The third kappa shape index (κ3) is 7.37. The molecule has 2 aromatic carbocycles. The molecular formula is C19H24N4O4S. The summed E-state index contributed by atoms with van der Waals surface area (Å²) in [6, 6.07) is 13.5. The lowest BCUT2D eigenvalue weighted by atomic mass is 10.1. The van der Waals surface area contributed by atoms with Crippen molar-refractivity contribution in [1.82, 2.24) is 16.0 Å². The zero-order valence-electron chi connectivity index (χ0n) is 15.6. The lowest BCUT2D eigenvalue weighted by molar-refractivity contribution is -0.120. The largest absolute Gasteiger partial charge is 0.354 e. The van der Waals surface area contributed by atoms with E-state index in [9.17, 15) is 18.0 Å². The molecule has 0 atom stereocenters. The van der Waals surface area contributed by atoms with Gasteiger partial charge in [-0.25, -0.2) is 18.4 Å². The van der Waals surface area contributed by atoms with E-state index in [0.717, 1.165) is 16.7 Å². The Hall–Kier alpha value is -2.91. The number of carbonyl (C=O) groups is 2. The van der Waals surface area contributed by atoms with E-state index in [0.29, 0.717) is 19.5 Å². The molecule has 0 fully saturated rings. The van der Waals surface area contributed by atoms with Crippen LogP contribution in [0.5, 0.6) is 0 Å². The van der Waals surface area contributed by atoms with Crippen LogP contribution >= 0.6 is 0 Å². The summed E-state index contributed by atoms with van der Waals surface area (Å²) in [5.74, 6) is -0.313. The fourth-order valence-corrected chi connectivity index (χ4v) is 2.88. The van der Waals surface area contributed by atoms with E-state index in [4.69, 9.17) is 5.14 Å². The highest BCUT2D eigenvalue weighted by atomic mass is 32.2. The molecule has 5 N–H and O–H groups in total. The lowest BCUT2D eigenvalue weighted by Gasteiger charge is -2.09. The van der Waals surface area contributed by atoms with Crippen molar-refractivity contribution in [2.45, 2.75) is 24.8 Å². The van der Waals surface area contributed by atoms with Gasteiger partial charge in [0.25, 0.3) is 0 Å². The first kappa shape index (κ1) is 21.4. The Kier molecular flexibility index (Phi) is 7.53. The Morgan fingerprint density at radius 2 is 1.50 bits per heavy atom. The van der Waals surface area contributed by atoms with Crippen LogP contribution in [0.4, 0.5) is 4.79 Å². The van der Waals surface area contributed by atoms with Crippen molar-refractivity contribution in [3.05, 3.63) is 65.2 Å². The second-order valence-corrected chi connectivity index (χ2v) is 7.87. The van der Waals surface area contributed by atoms with Gasteiger partial charge in [-0.1, -0.05) is 42.0 Å². The van der Waals surface area contributed by atoms with Gasteiger partial charge in [-0.15, -0.1) is 0 Å². The molecule has 150 valence electrons. The second kappa shape index (κ2) is 9.86. The van der Waals surface area contributed by atoms with Gasteiger partial charge in [0.2, 0.25) is 15.9 Å². The van der Waals surface area contributed by atoms with Crippen LogP contribution in [0, 0.1) is 6.92 Å². The van der Waals surface area contributed by atoms with Crippen molar-refractivity contribution < 1.29 is 18.0 Å². The summed E-state index contributed by atoms with van der Waals surface area (Å²) in [5, 5.41) is 12.9. The molecule has 2 aromatic rings. The Balaban J connectivity index is 1.64. The Labute approximate surface area is 164 Å². The van der Waals surface area contributed by atoms with Gasteiger partial charge in [-0.3, -0.25) is 4.79 Å². The van der Waals surface area contributed by atoms with Gasteiger partial charge in [0, 0.05) is 13.1 Å². The van der Waals surface area contributed by atoms with E-state index in [1.165, 1.54) is 12.1 Å². The molecule has 0 radical (unpaired) electrons. The van der Waals surface area contributed by atoms with Crippen LogP contribution in [0.2, 0.25) is 0 Å². The number of aryl methyl sites for hydroxylation is 1. The number of nitrogens with one attached hydrogen (secondary N) is 3. The van der Waals surface area contributed by atoms with Gasteiger partial charge < -0.3 is 16.0 Å². The number of hydrogen-bond donors (Lipinski definition) is 4. The van der Waals surface area contributed by atoms with Crippen LogP contribution in [-0.2, 0) is 27.8 Å². The second-order valence-electron chi connectivity index (χ2n) is 6.31. The van der Waals surface area contributed by atoms with Crippen LogP contribution in [0.15, 0.2) is 53.4 Å². The fraction of sp³-hybridized carbons (Fsp3) is 0.263. The van der Waals surface area contributed by atoms with E-state index in [2.05, 4.69) is 16.0 Å².